The van der Waals surface area contributed by atoms with Crippen molar-refractivity contribution >= 4 is 57.2 Å². The van der Waals surface area contributed by atoms with Gasteiger partial charge >= 0.3 is 0 Å². The predicted molar refractivity (Wildman–Crippen MR) is 238 cm³/mol. The summed E-state index contributed by atoms with van der Waals surface area (Å²) in [5.74, 6) is 3.86. The molecule has 5 aliphatic rings. The van der Waals surface area contributed by atoms with Gasteiger partial charge in [0, 0.05) is 34.4 Å². The number of fused-ring (bicyclic) bond motifs is 10. The number of hydrogen-bond acceptors (Lipinski definition) is 4. The molecule has 0 bridgehead atoms. The normalized spacial score (nSPS) is 19.3. The Bertz CT molecular complexity index is 2520. The first kappa shape index (κ1) is 34.8. The van der Waals surface area contributed by atoms with Crippen LogP contribution in [0.2, 0.25) is 0 Å². The van der Waals surface area contributed by atoms with Gasteiger partial charge in [0.25, 0.3) is 6.71 Å². The van der Waals surface area contributed by atoms with Crippen LogP contribution in [0.15, 0.2) is 115 Å². The molecule has 0 saturated carbocycles. The third kappa shape index (κ3) is 4.87. The van der Waals surface area contributed by atoms with E-state index in [0.717, 1.165) is 88.3 Å². The summed E-state index contributed by atoms with van der Waals surface area (Å²) in [5, 5.41) is 0. The molecule has 0 aromatic heterocycles. The molecule has 2 aliphatic carbocycles. The van der Waals surface area contributed by atoms with E-state index in [0.29, 0.717) is 0 Å². The van der Waals surface area contributed by atoms with Gasteiger partial charge in [-0.3, -0.25) is 0 Å². The highest BCUT2D eigenvalue weighted by atomic mass is 16.5. The number of anilines is 6. The molecule has 0 unspecified atom stereocenters. The van der Waals surface area contributed by atoms with Crippen molar-refractivity contribution in [3.05, 3.63) is 138 Å². The van der Waals surface area contributed by atoms with E-state index < -0.39 is 0 Å². The molecule has 284 valence electrons. The predicted octanol–water partition coefficient (Wildman–Crippen LogP) is 12.4. The second-order valence-electron chi connectivity index (χ2n) is 19.8. The summed E-state index contributed by atoms with van der Waals surface area (Å²) in [6.45, 7) is 19.3. The molecule has 0 atom stereocenters. The maximum atomic E-state index is 7.43. The molecule has 4 nitrogen and oxygen atoms in total. The topological polar surface area (TPSA) is 24.9 Å². The van der Waals surface area contributed by atoms with Gasteiger partial charge in [0.15, 0.2) is 0 Å². The first-order valence-corrected chi connectivity index (χ1v) is 21.0. The molecule has 57 heavy (non-hydrogen) atoms. The Hall–Kier alpha value is -5.42. The number of ether oxygens (including phenoxy) is 2. The van der Waals surface area contributed by atoms with Gasteiger partial charge in [0.2, 0.25) is 0 Å². The summed E-state index contributed by atoms with van der Waals surface area (Å²) < 4.78 is 14.9. The van der Waals surface area contributed by atoms with E-state index in [4.69, 9.17) is 9.47 Å². The molecule has 6 aromatic rings. The molecule has 6 aromatic carbocycles. The van der Waals surface area contributed by atoms with Gasteiger partial charge in [-0.2, -0.15) is 0 Å². The van der Waals surface area contributed by atoms with Crippen molar-refractivity contribution in [2.45, 2.75) is 103 Å². The van der Waals surface area contributed by atoms with Crippen molar-refractivity contribution in [1.82, 2.24) is 0 Å². The van der Waals surface area contributed by atoms with Crippen LogP contribution in [0.5, 0.6) is 23.0 Å². The Labute approximate surface area is 338 Å². The Morgan fingerprint density at radius 2 is 0.825 bits per heavy atom. The molecule has 11 rings (SSSR count). The summed E-state index contributed by atoms with van der Waals surface area (Å²) in [6, 6.07) is 42.4. The van der Waals surface area contributed by atoms with Crippen LogP contribution in [-0.2, 0) is 21.7 Å². The van der Waals surface area contributed by atoms with Gasteiger partial charge < -0.3 is 19.3 Å². The Morgan fingerprint density at radius 3 is 1.26 bits per heavy atom. The smallest absolute Gasteiger partial charge is 0.260 e. The van der Waals surface area contributed by atoms with E-state index in [1.807, 2.05) is 0 Å². The largest absolute Gasteiger partial charge is 0.458 e. The van der Waals surface area contributed by atoms with Gasteiger partial charge in [0.1, 0.15) is 23.0 Å². The summed E-state index contributed by atoms with van der Waals surface area (Å²) >= 11 is 0. The lowest BCUT2D eigenvalue weighted by Gasteiger charge is -2.46. The lowest BCUT2D eigenvalue weighted by molar-refractivity contribution is 0.318. The first-order valence-electron chi connectivity index (χ1n) is 21.0. The van der Waals surface area contributed by atoms with Crippen molar-refractivity contribution in [2.24, 2.45) is 0 Å². The van der Waals surface area contributed by atoms with E-state index in [-0.39, 0.29) is 28.4 Å². The number of benzene rings is 6. The minimum Gasteiger partial charge on any atom is -0.458 e. The molecular formula is C52H51BN2O2. The van der Waals surface area contributed by atoms with Crippen LogP contribution < -0.4 is 35.7 Å². The third-order valence-electron chi connectivity index (χ3n) is 14.4. The summed E-state index contributed by atoms with van der Waals surface area (Å²) in [5.41, 5.74) is 15.9. The van der Waals surface area contributed by atoms with Gasteiger partial charge in [-0.1, -0.05) is 122 Å². The Kier molecular flexibility index (Phi) is 7.08. The summed E-state index contributed by atoms with van der Waals surface area (Å²) in [7, 11) is 0. The van der Waals surface area contributed by atoms with Crippen LogP contribution in [-0.4, -0.2) is 6.71 Å². The lowest BCUT2D eigenvalue weighted by atomic mass is 9.34. The van der Waals surface area contributed by atoms with Crippen molar-refractivity contribution in [2.75, 3.05) is 9.80 Å². The molecule has 0 spiro atoms. The maximum Gasteiger partial charge on any atom is 0.260 e. The summed E-state index contributed by atoms with van der Waals surface area (Å²) in [4.78, 5) is 4.79. The molecule has 0 radical (unpaired) electrons. The second-order valence-corrected chi connectivity index (χ2v) is 19.8. The van der Waals surface area contributed by atoms with Gasteiger partial charge in [-0.25, -0.2) is 0 Å². The van der Waals surface area contributed by atoms with Crippen LogP contribution in [0.3, 0.4) is 0 Å². The van der Waals surface area contributed by atoms with Crippen LogP contribution in [0, 0.1) is 0 Å². The van der Waals surface area contributed by atoms with E-state index in [9.17, 15) is 0 Å². The fourth-order valence-corrected chi connectivity index (χ4v) is 11.1. The summed E-state index contributed by atoms with van der Waals surface area (Å²) in [6.07, 6.45) is 4.54. The highest BCUT2D eigenvalue weighted by Gasteiger charge is 2.49. The number of para-hydroxylation sites is 5. The monoisotopic (exact) mass is 746 g/mol. The van der Waals surface area contributed by atoms with Crippen molar-refractivity contribution < 1.29 is 9.47 Å². The highest BCUT2D eigenvalue weighted by Crippen LogP contribution is 2.57. The fourth-order valence-electron chi connectivity index (χ4n) is 11.1. The standard InChI is InChI=1S/C52H51BN2O2/c1-49(2)26-28-51(5,6)44-34(49)22-24-36-47(44)56-42-30-33(31-43-46(42)53(36)37-25-23-35-45(48(37)57-43)52(7,8)29-27-50(35,3)4)55-40-20-14-12-18-38(40)54(32-16-10-9-11-17-32)39-19-13-15-21-41(39)55/h9-25,30-31H,26-29H2,1-8H3. The molecule has 3 heterocycles. The van der Waals surface area contributed by atoms with E-state index in [1.165, 1.54) is 33.2 Å². The average Bonchev–Trinajstić information content (AvgIpc) is 3.19. The highest BCUT2D eigenvalue weighted by molar-refractivity contribution is 6.98. The maximum absolute atomic E-state index is 7.43. The number of nitrogens with zero attached hydrogens (tertiary/aromatic N) is 2. The molecule has 3 aliphatic heterocycles. The van der Waals surface area contributed by atoms with Crippen LogP contribution in [0.1, 0.15) is 103 Å². The zero-order chi connectivity index (χ0) is 39.2. The molecule has 0 N–H and O–H groups in total. The molecule has 0 fully saturated rings. The van der Waals surface area contributed by atoms with Crippen LogP contribution in [0.25, 0.3) is 0 Å². The molecule has 5 heteroatoms. The Morgan fingerprint density at radius 1 is 0.439 bits per heavy atom. The number of rotatable bonds is 2. The van der Waals surface area contributed by atoms with Crippen LogP contribution >= 0.6 is 0 Å². The second kappa shape index (κ2) is 11.6. The van der Waals surface area contributed by atoms with E-state index >= 15 is 0 Å². The minimum absolute atomic E-state index is 0.0108. The van der Waals surface area contributed by atoms with Crippen molar-refractivity contribution in [3.8, 4) is 23.0 Å². The van der Waals surface area contributed by atoms with Crippen molar-refractivity contribution in [1.29, 1.82) is 0 Å². The number of hydrogen-bond donors (Lipinski definition) is 0. The van der Waals surface area contributed by atoms with Crippen molar-refractivity contribution in [3.63, 3.8) is 0 Å². The van der Waals surface area contributed by atoms with Crippen LogP contribution in [0.4, 0.5) is 34.1 Å². The molecule has 0 amide bonds. The fraction of sp³-hybridized carbons (Fsp3) is 0.308. The van der Waals surface area contributed by atoms with E-state index in [2.05, 4.69) is 180 Å². The zero-order valence-corrected chi connectivity index (χ0v) is 34.6. The van der Waals surface area contributed by atoms with Gasteiger partial charge in [-0.05, 0) is 106 Å². The first-order chi connectivity index (χ1) is 27.3. The van der Waals surface area contributed by atoms with E-state index in [1.54, 1.807) is 0 Å². The van der Waals surface area contributed by atoms with Gasteiger partial charge in [0.05, 0.1) is 28.4 Å². The third-order valence-corrected chi connectivity index (χ3v) is 14.4. The van der Waals surface area contributed by atoms with Gasteiger partial charge in [-0.15, -0.1) is 0 Å². The molecular weight excluding hydrogens is 695 g/mol. The SMILES string of the molecule is CC1(C)CCC(C)(C)c2c1ccc1c2Oc2cc(N3c4ccccc4N(c4ccccc4)c4ccccc43)cc3c2B1c1ccc2c(c1O3)C(C)(C)CCC2(C)C. The quantitative estimate of drug-likeness (QED) is 0.165. The molecule has 0 saturated heterocycles. The minimum atomic E-state index is -0.0321. The zero-order valence-electron chi connectivity index (χ0n) is 34.6. The average molecular weight is 747 g/mol. The Balaban J connectivity index is 1.19. The lowest BCUT2D eigenvalue weighted by Crippen LogP contribution is -2.59.